The highest BCUT2D eigenvalue weighted by Crippen LogP contribution is 2.18. The Balaban J connectivity index is 2.47. The highest BCUT2D eigenvalue weighted by molar-refractivity contribution is 5.97. The van der Waals surface area contributed by atoms with Gasteiger partial charge in [0.25, 0.3) is 5.91 Å². The normalized spacial score (nSPS) is 11.8. The Morgan fingerprint density at radius 2 is 1.88 bits per heavy atom. The van der Waals surface area contributed by atoms with Crippen molar-refractivity contribution in [3.8, 4) is 5.75 Å². The summed E-state index contributed by atoms with van der Waals surface area (Å²) < 4.78 is 0. The number of benzene rings is 1. The van der Waals surface area contributed by atoms with E-state index in [-0.39, 0.29) is 30.2 Å². The summed E-state index contributed by atoms with van der Waals surface area (Å²) in [6.45, 7) is 5.58. The Kier molecular flexibility index (Phi) is 7.23. The van der Waals surface area contributed by atoms with Gasteiger partial charge in [0.1, 0.15) is 11.8 Å². The smallest absolute Gasteiger partial charge is 0.326 e. The van der Waals surface area contributed by atoms with Crippen molar-refractivity contribution < 1.29 is 24.6 Å². The molecule has 7 nitrogen and oxygen atoms in total. The second-order valence-corrected chi connectivity index (χ2v) is 6.11. The first-order valence-electron chi connectivity index (χ1n) is 7.80. The first-order valence-corrected chi connectivity index (χ1v) is 7.80. The third-order valence-corrected chi connectivity index (χ3v) is 3.38. The van der Waals surface area contributed by atoms with Gasteiger partial charge in [0.05, 0.1) is 5.56 Å². The van der Waals surface area contributed by atoms with Crippen molar-refractivity contribution in [2.45, 2.75) is 39.7 Å². The largest absolute Gasteiger partial charge is 0.507 e. The molecule has 0 spiro atoms. The fourth-order valence-electron chi connectivity index (χ4n) is 2.18. The first-order chi connectivity index (χ1) is 11.2. The third-order valence-electron chi connectivity index (χ3n) is 3.38. The number of phenolic OH excluding ortho intramolecular Hbond substituents is 1. The molecule has 0 aliphatic rings. The lowest BCUT2D eigenvalue weighted by Crippen LogP contribution is -2.42. The predicted molar refractivity (Wildman–Crippen MR) is 88.8 cm³/mol. The number of amides is 2. The molecule has 132 valence electrons. The fourth-order valence-corrected chi connectivity index (χ4v) is 2.18. The minimum absolute atomic E-state index is 0.0414. The molecule has 1 rings (SSSR count). The highest BCUT2D eigenvalue weighted by atomic mass is 16.4. The number of rotatable bonds is 8. The molecule has 0 aliphatic heterocycles. The van der Waals surface area contributed by atoms with Gasteiger partial charge < -0.3 is 20.8 Å². The van der Waals surface area contributed by atoms with Crippen LogP contribution in [0.25, 0.3) is 0 Å². The van der Waals surface area contributed by atoms with Crippen LogP contribution in [0.5, 0.6) is 5.75 Å². The summed E-state index contributed by atoms with van der Waals surface area (Å²) in [7, 11) is 0. The average molecular weight is 336 g/mol. The zero-order valence-electron chi connectivity index (χ0n) is 14.1. The monoisotopic (exact) mass is 336 g/mol. The minimum Gasteiger partial charge on any atom is -0.507 e. The summed E-state index contributed by atoms with van der Waals surface area (Å²) in [5.41, 5.74) is 0.956. The van der Waals surface area contributed by atoms with Crippen molar-refractivity contribution in [3.63, 3.8) is 0 Å². The van der Waals surface area contributed by atoms with E-state index < -0.39 is 23.8 Å². The van der Waals surface area contributed by atoms with Crippen molar-refractivity contribution in [1.29, 1.82) is 0 Å². The number of carboxylic acids is 1. The molecule has 4 N–H and O–H groups in total. The van der Waals surface area contributed by atoms with E-state index in [9.17, 15) is 19.5 Å². The fraction of sp³-hybridized carbons (Fsp3) is 0.471. The Hall–Kier alpha value is -2.57. The van der Waals surface area contributed by atoms with Crippen LogP contribution in [0.3, 0.4) is 0 Å². The summed E-state index contributed by atoms with van der Waals surface area (Å²) >= 11 is 0. The Bertz CT molecular complexity index is 613. The van der Waals surface area contributed by atoms with Gasteiger partial charge in [-0.2, -0.15) is 0 Å². The van der Waals surface area contributed by atoms with E-state index in [1.807, 2.05) is 13.8 Å². The molecule has 0 fully saturated rings. The van der Waals surface area contributed by atoms with Crippen molar-refractivity contribution in [2.24, 2.45) is 5.92 Å². The Morgan fingerprint density at radius 1 is 1.21 bits per heavy atom. The number of aryl methyl sites for hydroxylation is 1. The number of aromatic hydroxyl groups is 1. The molecular formula is C17H24N2O5. The molecule has 2 amide bonds. The predicted octanol–water partition coefficient (Wildman–Crippen LogP) is 1.44. The number of carbonyl (C=O) groups excluding carboxylic acids is 2. The Labute approximate surface area is 141 Å². The number of nitrogens with one attached hydrogen (secondary N) is 2. The zero-order chi connectivity index (χ0) is 18.3. The topological polar surface area (TPSA) is 116 Å². The quantitative estimate of drug-likeness (QED) is 0.573. The van der Waals surface area contributed by atoms with E-state index in [1.165, 1.54) is 12.1 Å². The maximum Gasteiger partial charge on any atom is 0.326 e. The van der Waals surface area contributed by atoms with Gasteiger partial charge >= 0.3 is 5.97 Å². The lowest BCUT2D eigenvalue weighted by Gasteiger charge is -2.16. The van der Waals surface area contributed by atoms with Crippen LogP contribution in [0, 0.1) is 12.8 Å². The van der Waals surface area contributed by atoms with Crippen molar-refractivity contribution in [2.75, 3.05) is 6.54 Å². The molecule has 1 aromatic rings. The van der Waals surface area contributed by atoms with Crippen LogP contribution in [0.2, 0.25) is 0 Å². The van der Waals surface area contributed by atoms with Crippen LogP contribution >= 0.6 is 0 Å². The van der Waals surface area contributed by atoms with Crippen molar-refractivity contribution >= 4 is 17.8 Å². The highest BCUT2D eigenvalue weighted by Gasteiger charge is 2.21. The number of hydrogen-bond donors (Lipinski definition) is 4. The molecule has 0 saturated carbocycles. The lowest BCUT2D eigenvalue weighted by molar-refractivity contribution is -0.142. The molecule has 7 heteroatoms. The first kappa shape index (κ1) is 19.5. The van der Waals surface area contributed by atoms with Crippen molar-refractivity contribution in [1.82, 2.24) is 10.6 Å². The van der Waals surface area contributed by atoms with E-state index in [0.29, 0.717) is 6.42 Å². The zero-order valence-corrected chi connectivity index (χ0v) is 14.1. The lowest BCUT2D eigenvalue weighted by atomic mass is 10.0. The molecule has 0 saturated heterocycles. The van der Waals surface area contributed by atoms with E-state index in [1.54, 1.807) is 13.0 Å². The third kappa shape index (κ3) is 6.28. The summed E-state index contributed by atoms with van der Waals surface area (Å²) in [4.78, 5) is 34.8. The average Bonchev–Trinajstić information content (AvgIpc) is 2.45. The molecular weight excluding hydrogens is 312 g/mol. The maximum absolute atomic E-state index is 11.9. The molecule has 0 aliphatic carbocycles. The molecule has 0 bridgehead atoms. The van der Waals surface area contributed by atoms with Crippen LogP contribution in [0.4, 0.5) is 0 Å². The van der Waals surface area contributed by atoms with E-state index in [2.05, 4.69) is 10.6 Å². The summed E-state index contributed by atoms with van der Waals surface area (Å²) in [6.07, 6.45) is 0.297. The van der Waals surface area contributed by atoms with Gasteiger partial charge in [-0.05, 0) is 37.0 Å². The number of carbonyl (C=O) groups is 3. The summed E-state index contributed by atoms with van der Waals surface area (Å²) in [5.74, 6) is -2.00. The molecule has 1 aromatic carbocycles. The van der Waals surface area contributed by atoms with E-state index in [4.69, 9.17) is 5.11 Å². The molecule has 1 unspecified atom stereocenters. The summed E-state index contributed by atoms with van der Waals surface area (Å²) in [5, 5.41) is 23.8. The summed E-state index contributed by atoms with van der Waals surface area (Å²) in [6, 6.07) is 3.74. The van der Waals surface area contributed by atoms with E-state index in [0.717, 1.165) is 5.56 Å². The van der Waals surface area contributed by atoms with Gasteiger partial charge in [-0.1, -0.05) is 19.9 Å². The second-order valence-electron chi connectivity index (χ2n) is 6.11. The maximum atomic E-state index is 11.9. The van der Waals surface area contributed by atoms with Gasteiger partial charge in [-0.15, -0.1) is 0 Å². The molecule has 24 heavy (non-hydrogen) atoms. The molecule has 0 heterocycles. The van der Waals surface area contributed by atoms with Crippen LogP contribution in [-0.4, -0.2) is 40.6 Å². The van der Waals surface area contributed by atoms with Gasteiger partial charge in [0, 0.05) is 13.0 Å². The number of phenols is 1. The Morgan fingerprint density at radius 3 is 2.42 bits per heavy atom. The van der Waals surface area contributed by atoms with Crippen LogP contribution in [0.1, 0.15) is 42.6 Å². The molecule has 0 radical (unpaired) electrons. The van der Waals surface area contributed by atoms with Gasteiger partial charge in [-0.25, -0.2) is 4.79 Å². The molecule has 0 aromatic heterocycles. The van der Waals surface area contributed by atoms with E-state index >= 15 is 0 Å². The number of aliphatic carboxylic acids is 1. The standard InChI is InChI=1S/C17H24N2O5/c1-10(2)8-13(17(23)24)19-15(21)6-7-18-16(22)12-5-4-11(3)9-14(12)20/h4-5,9-10,13,20H,6-8H2,1-3H3,(H,18,22)(H,19,21)(H,23,24). The van der Waals surface area contributed by atoms with Crippen molar-refractivity contribution in [3.05, 3.63) is 29.3 Å². The number of carboxylic acid groups (broad SMARTS) is 1. The van der Waals surface area contributed by atoms with Gasteiger partial charge in [0.2, 0.25) is 5.91 Å². The van der Waals surface area contributed by atoms with Crippen LogP contribution in [-0.2, 0) is 9.59 Å². The SMILES string of the molecule is Cc1ccc(C(=O)NCCC(=O)NC(CC(C)C)C(=O)O)c(O)c1. The van der Waals surface area contributed by atoms with Crippen LogP contribution < -0.4 is 10.6 Å². The molecule has 1 atom stereocenters. The van der Waals surface area contributed by atoms with Gasteiger partial charge in [-0.3, -0.25) is 9.59 Å². The minimum atomic E-state index is -1.08. The number of hydrogen-bond acceptors (Lipinski definition) is 4. The second kappa shape index (κ2) is 8.90. The van der Waals surface area contributed by atoms with Gasteiger partial charge in [0.15, 0.2) is 0 Å². The van der Waals surface area contributed by atoms with Crippen LogP contribution in [0.15, 0.2) is 18.2 Å².